The van der Waals surface area contributed by atoms with Crippen molar-refractivity contribution in [1.29, 1.82) is 0 Å². The maximum Gasteiger partial charge on any atom is 2.00 e. The zero-order valence-electron chi connectivity index (χ0n) is 5.72. The van der Waals surface area contributed by atoms with Gasteiger partial charge in [-0.1, -0.05) is 6.92 Å². The van der Waals surface area contributed by atoms with Crippen LogP contribution < -0.4 is 0 Å². The summed E-state index contributed by atoms with van der Waals surface area (Å²) in [5.41, 5.74) is 1.20. The predicted molar refractivity (Wildman–Crippen MR) is 36.4 cm³/mol. The number of aryl methyl sites for hydroxylation is 1. The molecule has 1 aromatic carbocycles. The molecule has 0 nitrogen and oxygen atoms in total. The van der Waals surface area contributed by atoms with Gasteiger partial charge in [0.1, 0.15) is 0 Å². The number of rotatable bonds is 0. The minimum atomic E-state index is 0. The van der Waals surface area contributed by atoms with E-state index in [-0.39, 0.29) is 28.5 Å². The summed E-state index contributed by atoms with van der Waals surface area (Å²) in [6.45, 7) is 2.03. The number of hydrogen-bond donors (Lipinski definition) is 0. The number of hydrogen-bond acceptors (Lipinski definition) is 0. The van der Waals surface area contributed by atoms with E-state index in [9.17, 15) is 0 Å². The summed E-state index contributed by atoms with van der Waals surface area (Å²) < 4.78 is 0. The van der Waals surface area contributed by atoms with Gasteiger partial charge >= 0.3 is 21.1 Å². The molecule has 0 saturated carbocycles. The van der Waals surface area contributed by atoms with Crippen LogP contribution in [0.5, 0.6) is 0 Å². The van der Waals surface area contributed by atoms with Gasteiger partial charge in [0.15, 0.2) is 0 Å². The monoisotopic (exact) mass is 290 g/mol. The van der Waals surface area contributed by atoms with E-state index < -0.39 is 0 Å². The standard InChI is InChI=1S/C7H7.CH3.W/c1-7-5-3-2-4-6-7;;/h2-5H,1H3;1H3;/q2*-1;+2. The van der Waals surface area contributed by atoms with Gasteiger partial charge in [0, 0.05) is 0 Å². The van der Waals surface area contributed by atoms with Crippen molar-refractivity contribution >= 4 is 0 Å². The Morgan fingerprint density at radius 2 is 2.00 bits per heavy atom. The van der Waals surface area contributed by atoms with Crippen LogP contribution in [0.1, 0.15) is 5.56 Å². The van der Waals surface area contributed by atoms with Crippen LogP contribution in [0.25, 0.3) is 0 Å². The molecule has 9 heavy (non-hydrogen) atoms. The summed E-state index contributed by atoms with van der Waals surface area (Å²) in [6.07, 6.45) is 0. The van der Waals surface area contributed by atoms with E-state index in [1.165, 1.54) is 5.56 Å². The van der Waals surface area contributed by atoms with Crippen molar-refractivity contribution in [3.63, 3.8) is 0 Å². The van der Waals surface area contributed by atoms with Gasteiger partial charge in [0.25, 0.3) is 0 Å². The Kier molecular flexibility index (Phi) is 7.83. The van der Waals surface area contributed by atoms with Crippen molar-refractivity contribution < 1.29 is 21.1 Å². The maximum atomic E-state index is 3.03. The van der Waals surface area contributed by atoms with Crippen molar-refractivity contribution in [1.82, 2.24) is 0 Å². The fourth-order valence-corrected chi connectivity index (χ4v) is 0.483. The molecule has 1 heteroatoms. The van der Waals surface area contributed by atoms with Crippen LogP contribution in [0.4, 0.5) is 0 Å². The van der Waals surface area contributed by atoms with Crippen molar-refractivity contribution in [2.45, 2.75) is 6.92 Å². The summed E-state index contributed by atoms with van der Waals surface area (Å²) in [7, 11) is 0. The van der Waals surface area contributed by atoms with Gasteiger partial charge in [-0.25, -0.2) is 0 Å². The molecule has 0 aliphatic heterocycles. The van der Waals surface area contributed by atoms with E-state index in [2.05, 4.69) is 6.07 Å². The van der Waals surface area contributed by atoms with Crippen molar-refractivity contribution in [2.75, 3.05) is 0 Å². The molecule has 0 radical (unpaired) electrons. The molecule has 0 N–H and O–H groups in total. The van der Waals surface area contributed by atoms with Crippen LogP contribution in [-0.2, 0) is 21.1 Å². The Bertz CT molecular complexity index is 134. The van der Waals surface area contributed by atoms with Crippen molar-refractivity contribution in [3.8, 4) is 0 Å². The van der Waals surface area contributed by atoms with Crippen molar-refractivity contribution in [2.24, 2.45) is 0 Å². The van der Waals surface area contributed by atoms with Crippen LogP contribution >= 0.6 is 0 Å². The largest absolute Gasteiger partial charge is 2.00 e. The number of benzene rings is 1. The summed E-state index contributed by atoms with van der Waals surface area (Å²) in [4.78, 5) is 0. The van der Waals surface area contributed by atoms with Crippen molar-refractivity contribution in [3.05, 3.63) is 43.3 Å². The normalized spacial score (nSPS) is 6.78. The fourth-order valence-electron chi connectivity index (χ4n) is 0.483. The minimum absolute atomic E-state index is 0. The molecule has 0 unspecified atom stereocenters. The van der Waals surface area contributed by atoms with Crippen LogP contribution in [0, 0.1) is 20.4 Å². The van der Waals surface area contributed by atoms with Gasteiger partial charge in [-0.2, -0.15) is 35.9 Å². The summed E-state index contributed by atoms with van der Waals surface area (Å²) >= 11 is 0. The molecule has 48 valence electrons. The van der Waals surface area contributed by atoms with E-state index in [0.29, 0.717) is 0 Å². The van der Waals surface area contributed by atoms with E-state index in [1.807, 2.05) is 31.2 Å². The van der Waals surface area contributed by atoms with E-state index in [1.54, 1.807) is 0 Å². The zero-order valence-corrected chi connectivity index (χ0v) is 8.65. The summed E-state index contributed by atoms with van der Waals surface area (Å²) in [5.74, 6) is 0. The average Bonchev–Trinajstić information content (AvgIpc) is 1.69. The smallest absolute Gasteiger partial charge is 0.358 e. The Morgan fingerprint density at radius 3 is 2.22 bits per heavy atom. The van der Waals surface area contributed by atoms with Gasteiger partial charge in [-0.15, -0.1) is 0 Å². The molecule has 0 amide bonds. The zero-order chi connectivity index (χ0) is 5.11. The quantitative estimate of drug-likeness (QED) is 0.643. The average molecular weight is 290 g/mol. The van der Waals surface area contributed by atoms with Crippen LogP contribution in [0.15, 0.2) is 24.3 Å². The molecular weight excluding hydrogens is 280 g/mol. The third-order valence-electron chi connectivity index (χ3n) is 0.865. The molecule has 0 fully saturated rings. The summed E-state index contributed by atoms with van der Waals surface area (Å²) in [5, 5.41) is 0. The first-order chi connectivity index (χ1) is 3.39. The first-order valence-corrected chi connectivity index (χ1v) is 2.33. The molecule has 0 heterocycles. The van der Waals surface area contributed by atoms with Crippen LogP contribution in [-0.4, -0.2) is 0 Å². The van der Waals surface area contributed by atoms with Gasteiger partial charge in [-0.05, 0) is 0 Å². The maximum absolute atomic E-state index is 3.03. The second kappa shape index (κ2) is 6.03. The molecule has 0 spiro atoms. The SMILES string of the molecule is Cc1[c-]cccc1.[CH3-].[W+2]. The van der Waals surface area contributed by atoms with Gasteiger partial charge in [-0.3, -0.25) is 0 Å². The molecule has 1 rings (SSSR count). The molecule has 0 atom stereocenters. The second-order valence-corrected chi connectivity index (χ2v) is 1.55. The molecule has 0 aliphatic rings. The predicted octanol–water partition coefficient (Wildman–Crippen LogP) is 2.24. The Labute approximate surface area is 71.6 Å². The molecular formula is C8H10W. The molecule has 1 aromatic rings. The van der Waals surface area contributed by atoms with E-state index in [4.69, 9.17) is 0 Å². The Balaban J connectivity index is 0. The first-order valence-electron chi connectivity index (χ1n) is 2.33. The van der Waals surface area contributed by atoms with Crippen LogP contribution in [0.2, 0.25) is 0 Å². The minimum Gasteiger partial charge on any atom is -0.358 e. The molecule has 0 bridgehead atoms. The first kappa shape index (κ1) is 11.7. The second-order valence-electron chi connectivity index (χ2n) is 1.55. The van der Waals surface area contributed by atoms with E-state index >= 15 is 0 Å². The Hall–Kier alpha value is -0.0917. The van der Waals surface area contributed by atoms with E-state index in [0.717, 1.165) is 0 Å². The molecule has 0 aliphatic carbocycles. The Morgan fingerprint density at radius 1 is 1.33 bits per heavy atom. The van der Waals surface area contributed by atoms with Gasteiger partial charge in [0.05, 0.1) is 0 Å². The van der Waals surface area contributed by atoms with Crippen LogP contribution in [0.3, 0.4) is 0 Å². The van der Waals surface area contributed by atoms with Gasteiger partial charge in [0.2, 0.25) is 0 Å². The molecule has 0 aromatic heterocycles. The fraction of sp³-hybridized carbons (Fsp3) is 0.125. The molecule has 0 saturated heterocycles. The summed E-state index contributed by atoms with van der Waals surface area (Å²) in [6, 6.07) is 10.9. The van der Waals surface area contributed by atoms with Gasteiger partial charge < -0.3 is 7.43 Å². The topological polar surface area (TPSA) is 0 Å². The third-order valence-corrected chi connectivity index (χ3v) is 0.865. The third kappa shape index (κ3) is 4.41.